The van der Waals surface area contributed by atoms with Crippen molar-refractivity contribution in [2.24, 2.45) is 21.9 Å². The highest BCUT2D eigenvalue weighted by Gasteiger charge is 2.09. The van der Waals surface area contributed by atoms with Crippen molar-refractivity contribution in [1.29, 1.82) is 0 Å². The van der Waals surface area contributed by atoms with Crippen LogP contribution in [0.25, 0.3) is 0 Å². The molecule has 0 bridgehead atoms. The van der Waals surface area contributed by atoms with Gasteiger partial charge < -0.3 is 11.7 Å². The summed E-state index contributed by atoms with van der Waals surface area (Å²) in [6.07, 6.45) is 7.88. The summed E-state index contributed by atoms with van der Waals surface area (Å²) in [6, 6.07) is 0. The summed E-state index contributed by atoms with van der Waals surface area (Å²) in [7, 11) is 0. The van der Waals surface area contributed by atoms with Gasteiger partial charge >= 0.3 is 0 Å². The van der Waals surface area contributed by atoms with Crippen molar-refractivity contribution in [3.8, 4) is 0 Å². The summed E-state index contributed by atoms with van der Waals surface area (Å²) in [6.45, 7) is 0. The Labute approximate surface area is 72.0 Å². The normalized spacial score (nSPS) is 28.3. The largest absolute Gasteiger partial charge is 0.323 e. The van der Waals surface area contributed by atoms with Gasteiger partial charge in [-0.1, -0.05) is 12.2 Å². The minimum absolute atomic E-state index is 0.835. The van der Waals surface area contributed by atoms with E-state index >= 15 is 0 Å². The number of hydrazone groups is 2. The van der Waals surface area contributed by atoms with Crippen molar-refractivity contribution >= 4 is 11.4 Å². The molecule has 12 heavy (non-hydrogen) atoms. The second kappa shape index (κ2) is 4.54. The van der Waals surface area contributed by atoms with Gasteiger partial charge in [-0.25, -0.2) is 0 Å². The number of nitrogens with two attached hydrogens (primary N) is 2. The third kappa shape index (κ3) is 2.08. The molecule has 0 spiro atoms. The van der Waals surface area contributed by atoms with E-state index in [0.717, 1.165) is 37.1 Å². The molecular weight excluding hydrogens is 152 g/mol. The van der Waals surface area contributed by atoms with Crippen molar-refractivity contribution in [3.05, 3.63) is 12.2 Å². The molecule has 0 saturated heterocycles. The molecule has 0 saturated carbocycles. The van der Waals surface area contributed by atoms with Gasteiger partial charge in [0.05, 0.1) is 11.4 Å². The molecule has 0 amide bonds. The molecule has 0 fully saturated rings. The monoisotopic (exact) mass is 166 g/mol. The Morgan fingerprint density at radius 2 is 1.33 bits per heavy atom. The molecular formula is C8H14N4. The van der Waals surface area contributed by atoms with Gasteiger partial charge in [-0.3, -0.25) is 0 Å². The standard InChI is InChI=1S/C8H14N4/c9-11-7-5-3-1-2-4-6-8(7)12-10/h1-2H,3-6,9-10H2/b2-1-,11-7+,12-8+. The molecule has 0 atom stereocenters. The number of rotatable bonds is 0. The van der Waals surface area contributed by atoms with E-state index in [1.54, 1.807) is 0 Å². The second-order valence-electron chi connectivity index (χ2n) is 2.70. The summed E-state index contributed by atoms with van der Waals surface area (Å²) in [5.41, 5.74) is 1.67. The van der Waals surface area contributed by atoms with E-state index in [0.29, 0.717) is 0 Å². The summed E-state index contributed by atoms with van der Waals surface area (Å²) >= 11 is 0. The lowest BCUT2D eigenvalue weighted by Gasteiger charge is -2.07. The number of nitrogens with zero attached hydrogens (tertiary/aromatic N) is 2. The Hall–Kier alpha value is -1.32. The van der Waals surface area contributed by atoms with Gasteiger partial charge in [0, 0.05) is 0 Å². The van der Waals surface area contributed by atoms with Crippen LogP contribution in [0.5, 0.6) is 0 Å². The molecule has 1 aliphatic rings. The van der Waals surface area contributed by atoms with Gasteiger partial charge in [0.1, 0.15) is 0 Å². The van der Waals surface area contributed by atoms with Gasteiger partial charge in [-0.15, -0.1) is 0 Å². The maximum absolute atomic E-state index is 5.22. The zero-order valence-corrected chi connectivity index (χ0v) is 7.03. The van der Waals surface area contributed by atoms with Gasteiger partial charge in [-0.2, -0.15) is 10.2 Å². The van der Waals surface area contributed by atoms with Crippen molar-refractivity contribution < 1.29 is 0 Å². The molecule has 0 aliphatic heterocycles. The summed E-state index contributed by atoms with van der Waals surface area (Å²) in [5, 5.41) is 7.35. The molecule has 66 valence electrons. The minimum atomic E-state index is 0.835. The van der Waals surface area contributed by atoms with Crippen LogP contribution in [-0.4, -0.2) is 11.4 Å². The fraction of sp³-hybridized carbons (Fsp3) is 0.500. The van der Waals surface area contributed by atoms with E-state index in [2.05, 4.69) is 22.4 Å². The number of allylic oxidation sites excluding steroid dienone is 2. The first-order chi connectivity index (χ1) is 5.88. The Morgan fingerprint density at radius 1 is 0.917 bits per heavy atom. The molecule has 1 rings (SSSR count). The SMILES string of the molecule is N/N=C1\CC/C=C\CC\C1=N/N. The third-order valence-corrected chi connectivity index (χ3v) is 1.91. The summed E-state index contributed by atoms with van der Waals surface area (Å²) in [5.74, 6) is 10.4. The lowest BCUT2D eigenvalue weighted by Crippen LogP contribution is -2.18. The lowest BCUT2D eigenvalue weighted by atomic mass is 10.0. The van der Waals surface area contributed by atoms with Crippen LogP contribution in [0.15, 0.2) is 22.4 Å². The fourth-order valence-corrected chi connectivity index (χ4v) is 1.24. The van der Waals surface area contributed by atoms with Crippen LogP contribution in [0, 0.1) is 0 Å². The maximum atomic E-state index is 5.22. The van der Waals surface area contributed by atoms with E-state index in [9.17, 15) is 0 Å². The number of hydrogen-bond acceptors (Lipinski definition) is 4. The first-order valence-electron chi connectivity index (χ1n) is 4.07. The average Bonchev–Trinajstić information content (AvgIpc) is 2.05. The summed E-state index contributed by atoms with van der Waals surface area (Å²) < 4.78 is 0. The molecule has 0 aromatic carbocycles. The van der Waals surface area contributed by atoms with Crippen molar-refractivity contribution in [2.75, 3.05) is 0 Å². The van der Waals surface area contributed by atoms with Crippen LogP contribution < -0.4 is 11.7 Å². The van der Waals surface area contributed by atoms with Crippen LogP contribution in [0.3, 0.4) is 0 Å². The number of hydrogen-bond donors (Lipinski definition) is 2. The van der Waals surface area contributed by atoms with E-state index in [1.807, 2.05) is 0 Å². The first kappa shape index (κ1) is 8.77. The predicted octanol–water partition coefficient (Wildman–Crippen LogP) is 0.746. The molecule has 0 aromatic heterocycles. The Morgan fingerprint density at radius 3 is 1.67 bits per heavy atom. The Kier molecular flexibility index (Phi) is 3.32. The Bertz CT molecular complexity index is 203. The molecule has 4 N–H and O–H groups in total. The molecule has 0 heterocycles. The smallest absolute Gasteiger partial charge is 0.0835 e. The van der Waals surface area contributed by atoms with E-state index in [1.165, 1.54) is 0 Å². The van der Waals surface area contributed by atoms with Crippen LogP contribution in [0.2, 0.25) is 0 Å². The Balaban J connectivity index is 2.75. The third-order valence-electron chi connectivity index (χ3n) is 1.91. The van der Waals surface area contributed by atoms with Gasteiger partial charge in [0.2, 0.25) is 0 Å². The molecule has 0 unspecified atom stereocenters. The van der Waals surface area contributed by atoms with Gasteiger partial charge in [0.15, 0.2) is 0 Å². The highest BCUT2D eigenvalue weighted by molar-refractivity contribution is 6.42. The van der Waals surface area contributed by atoms with Crippen molar-refractivity contribution in [1.82, 2.24) is 0 Å². The molecule has 4 nitrogen and oxygen atoms in total. The summed E-state index contributed by atoms with van der Waals surface area (Å²) in [4.78, 5) is 0. The predicted molar refractivity (Wildman–Crippen MR) is 50.9 cm³/mol. The molecule has 4 heteroatoms. The van der Waals surface area contributed by atoms with Crippen LogP contribution in [-0.2, 0) is 0 Å². The topological polar surface area (TPSA) is 76.8 Å². The molecule has 0 aromatic rings. The minimum Gasteiger partial charge on any atom is -0.323 e. The van der Waals surface area contributed by atoms with E-state index in [-0.39, 0.29) is 0 Å². The first-order valence-corrected chi connectivity index (χ1v) is 4.07. The molecule has 1 aliphatic carbocycles. The highest BCUT2D eigenvalue weighted by atomic mass is 15.2. The van der Waals surface area contributed by atoms with Crippen molar-refractivity contribution in [3.63, 3.8) is 0 Å². The average molecular weight is 166 g/mol. The zero-order valence-electron chi connectivity index (χ0n) is 7.03. The van der Waals surface area contributed by atoms with Gasteiger partial charge in [-0.05, 0) is 25.7 Å². The fourth-order valence-electron chi connectivity index (χ4n) is 1.24. The van der Waals surface area contributed by atoms with Crippen LogP contribution in [0.1, 0.15) is 25.7 Å². The van der Waals surface area contributed by atoms with Crippen molar-refractivity contribution in [2.45, 2.75) is 25.7 Å². The van der Waals surface area contributed by atoms with E-state index in [4.69, 9.17) is 11.7 Å². The lowest BCUT2D eigenvalue weighted by molar-refractivity contribution is 1.00. The zero-order chi connectivity index (χ0) is 8.81. The molecule has 0 radical (unpaired) electrons. The van der Waals surface area contributed by atoms with Gasteiger partial charge in [0.25, 0.3) is 0 Å². The van der Waals surface area contributed by atoms with Crippen LogP contribution in [0.4, 0.5) is 0 Å². The second-order valence-corrected chi connectivity index (χ2v) is 2.70. The van der Waals surface area contributed by atoms with E-state index < -0.39 is 0 Å². The maximum Gasteiger partial charge on any atom is 0.0835 e. The highest BCUT2D eigenvalue weighted by Crippen LogP contribution is 2.07. The quantitative estimate of drug-likeness (QED) is 0.316. The van der Waals surface area contributed by atoms with Crippen LogP contribution >= 0.6 is 0 Å².